The Morgan fingerprint density at radius 1 is 0.158 bits per heavy atom. The van der Waals surface area contributed by atoms with Gasteiger partial charge < -0.3 is 20.4 Å². The highest BCUT2D eigenvalue weighted by molar-refractivity contribution is 5.98. The summed E-state index contributed by atoms with van der Waals surface area (Å²) in [5, 5.41) is 61.0. The molecule has 0 saturated carbocycles. The van der Waals surface area contributed by atoms with E-state index in [2.05, 4.69) is 97.1 Å². The van der Waals surface area contributed by atoms with Gasteiger partial charge >= 0.3 is 0 Å². The minimum atomic E-state index is -1.97. The van der Waals surface area contributed by atoms with Crippen molar-refractivity contribution in [3.63, 3.8) is 0 Å². The number of hydrogen-bond donors (Lipinski definition) is 4. The summed E-state index contributed by atoms with van der Waals surface area (Å²) in [5.74, 6) is 0. The van der Waals surface area contributed by atoms with Crippen molar-refractivity contribution in [2.75, 3.05) is 0 Å². The number of aliphatic hydroxyl groups is 4. The minimum Gasteiger partial charge on any atom is -0.379 e. The molecule has 358 valence electrons. The molecule has 0 spiro atoms. The zero-order valence-corrected chi connectivity index (χ0v) is 41.0. The fourth-order valence-electron chi connectivity index (χ4n) is 16.6. The lowest BCUT2D eigenvalue weighted by Crippen LogP contribution is -2.62. The van der Waals surface area contributed by atoms with Gasteiger partial charge in [-0.1, -0.05) is 243 Å². The highest BCUT2D eigenvalue weighted by atomic mass is 16.3. The van der Waals surface area contributed by atoms with Gasteiger partial charge in [-0.15, -0.1) is 0 Å². The summed E-state index contributed by atoms with van der Waals surface area (Å²) in [6.07, 6.45) is 0. The lowest BCUT2D eigenvalue weighted by molar-refractivity contribution is -0.0961. The molecule has 0 saturated heterocycles. The molecule has 4 N–H and O–H groups in total. The van der Waals surface area contributed by atoms with Crippen LogP contribution >= 0.6 is 0 Å². The molecule has 0 amide bonds. The van der Waals surface area contributed by atoms with Gasteiger partial charge in [-0.3, -0.25) is 0 Å². The SMILES string of the molecule is OC1(C2(C3(O)c4ccccc4-c4cc5c(cc43)-c3ccccc3C5(O)C3(C4(O)c5ccccc5-c5ccccc54)c4ccccc4-c4ccccc43)c3ccccc3-c3ccccc32)c2ccccc2-c2ccccc21. The zero-order chi connectivity index (χ0) is 50.6. The molecule has 6 aliphatic carbocycles. The molecule has 0 heterocycles. The van der Waals surface area contributed by atoms with Crippen LogP contribution in [0, 0.1) is 0 Å². The summed E-state index contributed by atoms with van der Waals surface area (Å²) < 4.78 is 0. The molecule has 0 fully saturated rings. The smallest absolute Gasteiger partial charge is 0.133 e. The summed E-state index contributed by atoms with van der Waals surface area (Å²) in [5.41, 5.74) is 8.27. The van der Waals surface area contributed by atoms with Crippen LogP contribution in [0.1, 0.15) is 66.8 Å². The zero-order valence-electron chi connectivity index (χ0n) is 41.0. The van der Waals surface area contributed by atoms with Crippen LogP contribution in [0.15, 0.2) is 255 Å². The van der Waals surface area contributed by atoms with E-state index in [1.54, 1.807) is 0 Å². The van der Waals surface area contributed by atoms with E-state index in [0.29, 0.717) is 44.5 Å². The molecule has 0 radical (unpaired) electrons. The predicted molar refractivity (Wildman–Crippen MR) is 298 cm³/mol. The molecule has 76 heavy (non-hydrogen) atoms. The van der Waals surface area contributed by atoms with Gasteiger partial charge in [0.15, 0.2) is 0 Å². The highest BCUT2D eigenvalue weighted by Crippen LogP contribution is 2.76. The predicted octanol–water partition coefficient (Wildman–Crippen LogP) is 13.9. The van der Waals surface area contributed by atoms with Crippen LogP contribution in [0.2, 0.25) is 0 Å². The lowest BCUT2D eigenvalue weighted by Gasteiger charge is -2.55. The molecule has 0 aliphatic heterocycles. The molecular formula is C72H46O4. The van der Waals surface area contributed by atoms with Gasteiger partial charge in [0.25, 0.3) is 0 Å². The number of benzene rings is 11. The van der Waals surface area contributed by atoms with E-state index in [4.69, 9.17) is 0 Å². The minimum absolute atomic E-state index is 0.616. The molecule has 4 heteroatoms. The second kappa shape index (κ2) is 14.1. The molecule has 11 aromatic rings. The summed E-state index contributed by atoms with van der Waals surface area (Å²) in [6, 6.07) is 86.2. The molecule has 11 aromatic carbocycles. The van der Waals surface area contributed by atoms with Crippen molar-refractivity contribution in [3.8, 4) is 66.8 Å². The lowest BCUT2D eigenvalue weighted by atomic mass is 9.50. The largest absolute Gasteiger partial charge is 0.379 e. The third-order valence-corrected chi connectivity index (χ3v) is 19.1. The van der Waals surface area contributed by atoms with Gasteiger partial charge in [-0.2, -0.15) is 0 Å². The molecule has 0 bridgehead atoms. The molecule has 17 rings (SSSR count). The fourth-order valence-corrected chi connectivity index (χ4v) is 16.6. The highest BCUT2D eigenvalue weighted by Gasteiger charge is 2.76. The maximum absolute atomic E-state index is 15.5. The van der Waals surface area contributed by atoms with Crippen molar-refractivity contribution < 1.29 is 20.4 Å². The maximum atomic E-state index is 15.5. The van der Waals surface area contributed by atoms with Gasteiger partial charge in [0.2, 0.25) is 0 Å². The number of hydrogen-bond acceptors (Lipinski definition) is 4. The van der Waals surface area contributed by atoms with E-state index in [-0.39, 0.29) is 0 Å². The number of rotatable bonds is 4. The van der Waals surface area contributed by atoms with Gasteiger partial charge in [-0.05, 0) is 146 Å². The van der Waals surface area contributed by atoms with Gasteiger partial charge in [0.05, 0.1) is 10.8 Å². The van der Waals surface area contributed by atoms with Crippen LogP contribution in [0.4, 0.5) is 0 Å². The van der Waals surface area contributed by atoms with Gasteiger partial charge in [0, 0.05) is 0 Å². The summed E-state index contributed by atoms with van der Waals surface area (Å²) in [7, 11) is 0. The standard InChI is InChI=1S/C72H46O4/c73-69(59-35-15-5-25-47(59)48-26-6-16-36-60(48)69)67(55-31-11-1-21-43(55)44-22-2-12-32-56(44)67)71(75)63-39-19-9-29-51(63)53-42-66-54(41-65(53)71)52-30-10-20-40-64(52)72(66,76)68(57-33-13-3-23-45(57)46-24-4-14-34-58(46)68)70(74)61-37-17-7-27-49(61)50-28-8-18-38-62(50)70/h1-42,73-76H. The van der Waals surface area contributed by atoms with Crippen molar-refractivity contribution in [1.29, 1.82) is 0 Å². The van der Waals surface area contributed by atoms with E-state index in [1.165, 1.54) is 0 Å². The van der Waals surface area contributed by atoms with E-state index >= 15 is 10.2 Å². The van der Waals surface area contributed by atoms with E-state index in [9.17, 15) is 10.2 Å². The summed E-state index contributed by atoms with van der Waals surface area (Å²) in [6.45, 7) is 0. The van der Waals surface area contributed by atoms with Crippen molar-refractivity contribution in [3.05, 3.63) is 322 Å². The van der Waals surface area contributed by atoms with Gasteiger partial charge in [-0.25, -0.2) is 0 Å². The van der Waals surface area contributed by atoms with Gasteiger partial charge in [0.1, 0.15) is 22.4 Å². The van der Waals surface area contributed by atoms with Crippen LogP contribution in [-0.4, -0.2) is 20.4 Å². The first kappa shape index (κ1) is 42.6. The number of fused-ring (bicyclic) bond motifs is 18. The first-order valence-corrected chi connectivity index (χ1v) is 26.3. The Balaban J connectivity index is 1.04. The van der Waals surface area contributed by atoms with Crippen LogP contribution in [0.25, 0.3) is 66.8 Å². The van der Waals surface area contributed by atoms with E-state index < -0.39 is 33.2 Å². The second-order valence-electron chi connectivity index (χ2n) is 21.7. The molecule has 6 aliphatic rings. The fraction of sp³-hybridized carbons (Fsp3) is 0.0833. The average Bonchev–Trinajstić information content (AvgIpc) is 3.78. The first-order chi connectivity index (χ1) is 37.3. The topological polar surface area (TPSA) is 80.9 Å². The van der Waals surface area contributed by atoms with Crippen LogP contribution in [-0.2, 0) is 33.2 Å². The quantitative estimate of drug-likeness (QED) is 0.142. The Morgan fingerprint density at radius 3 is 0.513 bits per heavy atom. The second-order valence-corrected chi connectivity index (χ2v) is 21.7. The van der Waals surface area contributed by atoms with Crippen molar-refractivity contribution >= 4 is 0 Å². The van der Waals surface area contributed by atoms with Crippen LogP contribution < -0.4 is 0 Å². The molecule has 4 nitrogen and oxygen atoms in total. The summed E-state index contributed by atoms with van der Waals surface area (Å²) >= 11 is 0. The molecular weight excluding hydrogens is 929 g/mol. The molecule has 0 aromatic heterocycles. The maximum Gasteiger partial charge on any atom is 0.133 e. The Kier molecular flexibility index (Phi) is 7.93. The van der Waals surface area contributed by atoms with Crippen molar-refractivity contribution in [2.45, 2.75) is 33.2 Å². The molecule has 2 atom stereocenters. The Bertz CT molecular complexity index is 3950. The Morgan fingerprint density at radius 2 is 0.303 bits per heavy atom. The Labute approximate surface area is 439 Å². The normalized spacial score (nSPS) is 20.4. The van der Waals surface area contributed by atoms with Crippen molar-refractivity contribution in [2.24, 2.45) is 0 Å². The first-order valence-electron chi connectivity index (χ1n) is 26.3. The third kappa shape index (κ3) is 4.34. The van der Waals surface area contributed by atoms with Crippen LogP contribution in [0.5, 0.6) is 0 Å². The third-order valence-electron chi connectivity index (χ3n) is 19.1. The Hall–Kier alpha value is -8.74. The monoisotopic (exact) mass is 974 g/mol. The summed E-state index contributed by atoms with van der Waals surface area (Å²) in [4.78, 5) is 0. The van der Waals surface area contributed by atoms with E-state index in [1.807, 2.05) is 158 Å². The van der Waals surface area contributed by atoms with Crippen molar-refractivity contribution in [1.82, 2.24) is 0 Å². The molecule has 2 unspecified atom stereocenters. The van der Waals surface area contributed by atoms with E-state index in [0.717, 1.165) is 89.0 Å². The van der Waals surface area contributed by atoms with Crippen LogP contribution in [0.3, 0.4) is 0 Å². The average molecular weight is 975 g/mol.